The van der Waals surface area contributed by atoms with E-state index >= 15 is 0 Å². The quantitative estimate of drug-likeness (QED) is 0.599. The maximum Gasteiger partial charge on any atom is 0.282 e. The largest absolute Gasteiger partial charge is 0.492 e. The lowest BCUT2D eigenvalue weighted by molar-refractivity contribution is 0.0520. The van der Waals surface area contributed by atoms with Gasteiger partial charge in [0, 0.05) is 42.2 Å². The highest BCUT2D eigenvalue weighted by Crippen LogP contribution is 2.39. The zero-order valence-corrected chi connectivity index (χ0v) is 16.1. The van der Waals surface area contributed by atoms with Gasteiger partial charge < -0.3 is 19.8 Å². The van der Waals surface area contributed by atoms with Gasteiger partial charge in [0.25, 0.3) is 5.91 Å². The molecular formula is C19H20N4O4S. The first-order chi connectivity index (χ1) is 13.6. The molecule has 1 aromatic carbocycles. The molecule has 2 aromatic heterocycles. The number of benzene rings is 1. The number of fused-ring (bicyclic) bond motifs is 3. The van der Waals surface area contributed by atoms with E-state index in [1.54, 1.807) is 13.2 Å². The summed E-state index contributed by atoms with van der Waals surface area (Å²) in [6.07, 6.45) is 3.27. The molecule has 146 valence electrons. The van der Waals surface area contributed by atoms with E-state index in [0.29, 0.717) is 18.0 Å². The standard InChI is InChI=1S/C19H20N4O4S/c1-23(9-13(25)10-24)19(26)18-22-17-14-3-2-11(12-7-20-21-8-12)6-15(14)27-5-4-16(17)28-18/h2-3,6-8,13,24-25H,4-5,9-10H2,1H3,(H,20,21)/t13-/m1/s1. The number of hydrogen-bond donors (Lipinski definition) is 3. The number of aliphatic hydroxyl groups is 2. The van der Waals surface area contributed by atoms with E-state index in [0.717, 1.165) is 33.0 Å². The lowest BCUT2D eigenvalue weighted by Crippen LogP contribution is -2.35. The second kappa shape index (κ2) is 7.70. The number of amides is 1. The highest BCUT2D eigenvalue weighted by atomic mass is 32.1. The average Bonchev–Trinajstić information content (AvgIpc) is 3.35. The molecule has 3 aromatic rings. The van der Waals surface area contributed by atoms with Gasteiger partial charge in [0.2, 0.25) is 0 Å². The normalized spacial score (nSPS) is 13.8. The Morgan fingerprint density at radius 1 is 1.43 bits per heavy atom. The van der Waals surface area contributed by atoms with E-state index in [2.05, 4.69) is 15.2 Å². The molecule has 28 heavy (non-hydrogen) atoms. The number of rotatable bonds is 5. The number of aromatic amines is 1. The van der Waals surface area contributed by atoms with E-state index in [1.165, 1.54) is 16.2 Å². The summed E-state index contributed by atoms with van der Waals surface area (Å²) in [4.78, 5) is 19.6. The van der Waals surface area contributed by atoms with Crippen molar-refractivity contribution in [2.45, 2.75) is 12.5 Å². The molecule has 0 spiro atoms. The van der Waals surface area contributed by atoms with Crippen LogP contribution in [0.15, 0.2) is 30.6 Å². The highest BCUT2D eigenvalue weighted by molar-refractivity contribution is 7.14. The molecule has 3 heterocycles. The Kier molecular flexibility index (Phi) is 5.12. The number of nitrogens with one attached hydrogen (secondary N) is 1. The number of ether oxygens (including phenoxy) is 1. The Hall–Kier alpha value is -2.75. The lowest BCUT2D eigenvalue weighted by atomic mass is 10.0. The molecule has 1 amide bonds. The number of hydrogen-bond acceptors (Lipinski definition) is 7. The van der Waals surface area contributed by atoms with E-state index in [-0.39, 0.29) is 12.5 Å². The first kappa shape index (κ1) is 18.6. The topological polar surface area (TPSA) is 112 Å². The Balaban J connectivity index is 1.66. The summed E-state index contributed by atoms with van der Waals surface area (Å²) in [6, 6.07) is 5.89. The molecule has 0 unspecified atom stereocenters. The van der Waals surface area contributed by atoms with Crippen molar-refractivity contribution >= 4 is 17.2 Å². The summed E-state index contributed by atoms with van der Waals surface area (Å²) < 4.78 is 5.92. The molecule has 0 bridgehead atoms. The van der Waals surface area contributed by atoms with Crippen LogP contribution in [-0.2, 0) is 6.42 Å². The van der Waals surface area contributed by atoms with Crippen molar-refractivity contribution in [2.75, 3.05) is 26.8 Å². The maximum absolute atomic E-state index is 12.7. The minimum absolute atomic E-state index is 0.0489. The number of aliphatic hydroxyl groups excluding tert-OH is 2. The van der Waals surface area contributed by atoms with Gasteiger partial charge in [0.05, 0.1) is 31.2 Å². The van der Waals surface area contributed by atoms with E-state index in [9.17, 15) is 9.90 Å². The van der Waals surface area contributed by atoms with Crippen molar-refractivity contribution in [1.29, 1.82) is 0 Å². The van der Waals surface area contributed by atoms with Gasteiger partial charge in [-0.25, -0.2) is 4.98 Å². The van der Waals surface area contributed by atoms with Gasteiger partial charge in [-0.15, -0.1) is 11.3 Å². The van der Waals surface area contributed by atoms with Crippen LogP contribution in [-0.4, -0.2) is 69.1 Å². The third-order valence-electron chi connectivity index (χ3n) is 4.58. The van der Waals surface area contributed by atoms with Crippen molar-refractivity contribution in [2.24, 2.45) is 0 Å². The molecular weight excluding hydrogens is 380 g/mol. The zero-order chi connectivity index (χ0) is 19.7. The van der Waals surface area contributed by atoms with Crippen LogP contribution in [0.25, 0.3) is 22.4 Å². The van der Waals surface area contributed by atoms with Gasteiger partial charge in [-0.2, -0.15) is 5.10 Å². The van der Waals surface area contributed by atoms with Crippen LogP contribution in [0, 0.1) is 0 Å². The van der Waals surface area contributed by atoms with E-state index < -0.39 is 12.7 Å². The van der Waals surface area contributed by atoms with Gasteiger partial charge in [-0.1, -0.05) is 6.07 Å². The smallest absolute Gasteiger partial charge is 0.282 e. The molecule has 0 fully saturated rings. The third-order valence-corrected chi connectivity index (χ3v) is 5.68. The number of likely N-dealkylation sites (N-methyl/N-ethyl adjacent to an activating group) is 1. The van der Waals surface area contributed by atoms with Crippen LogP contribution in [0.4, 0.5) is 0 Å². The fraction of sp³-hybridized carbons (Fsp3) is 0.316. The number of thiazole rings is 1. The van der Waals surface area contributed by atoms with E-state index in [1.807, 2.05) is 24.4 Å². The Bertz CT molecular complexity index is 986. The summed E-state index contributed by atoms with van der Waals surface area (Å²) >= 11 is 1.34. The van der Waals surface area contributed by atoms with Crippen molar-refractivity contribution in [3.63, 3.8) is 0 Å². The second-order valence-corrected chi connectivity index (χ2v) is 7.69. The fourth-order valence-corrected chi connectivity index (χ4v) is 4.17. The number of nitrogens with zero attached hydrogens (tertiary/aromatic N) is 3. The molecule has 1 aliphatic heterocycles. The minimum atomic E-state index is -0.970. The summed E-state index contributed by atoms with van der Waals surface area (Å²) in [5, 5.41) is 25.7. The Morgan fingerprint density at radius 2 is 2.29 bits per heavy atom. The van der Waals surface area contributed by atoms with Crippen molar-refractivity contribution in [1.82, 2.24) is 20.1 Å². The predicted octanol–water partition coefficient (Wildman–Crippen LogP) is 1.56. The molecule has 0 saturated heterocycles. The first-order valence-electron chi connectivity index (χ1n) is 8.87. The van der Waals surface area contributed by atoms with Crippen LogP contribution < -0.4 is 4.74 Å². The number of aromatic nitrogens is 3. The van der Waals surface area contributed by atoms with Crippen LogP contribution >= 0.6 is 11.3 Å². The molecule has 8 nitrogen and oxygen atoms in total. The molecule has 4 rings (SSSR count). The van der Waals surface area contributed by atoms with Crippen LogP contribution in [0.3, 0.4) is 0 Å². The molecule has 1 atom stereocenters. The predicted molar refractivity (Wildman–Crippen MR) is 104 cm³/mol. The maximum atomic E-state index is 12.7. The second-order valence-electron chi connectivity index (χ2n) is 6.61. The molecule has 0 aliphatic carbocycles. The first-order valence-corrected chi connectivity index (χ1v) is 9.69. The van der Waals surface area contributed by atoms with Crippen molar-refractivity contribution in [3.05, 3.63) is 40.5 Å². The van der Waals surface area contributed by atoms with Crippen LogP contribution in [0.2, 0.25) is 0 Å². The number of carbonyl (C=O) groups excluding carboxylic acids is 1. The Labute approximate surface area is 165 Å². The minimum Gasteiger partial charge on any atom is -0.492 e. The molecule has 0 saturated carbocycles. The SMILES string of the molecule is CN(C[C@@H](O)CO)C(=O)c1nc2c(s1)CCOc1cc(-c3cn[nH]c3)ccc1-2. The third kappa shape index (κ3) is 3.51. The molecule has 9 heteroatoms. The zero-order valence-electron chi connectivity index (χ0n) is 15.3. The lowest BCUT2D eigenvalue weighted by Gasteiger charge is -2.18. The monoisotopic (exact) mass is 400 g/mol. The van der Waals surface area contributed by atoms with Crippen molar-refractivity contribution in [3.8, 4) is 28.1 Å². The van der Waals surface area contributed by atoms with Crippen LogP contribution in [0.1, 0.15) is 14.7 Å². The van der Waals surface area contributed by atoms with Crippen LogP contribution in [0.5, 0.6) is 5.75 Å². The molecule has 0 radical (unpaired) electrons. The average molecular weight is 400 g/mol. The van der Waals surface area contributed by atoms with E-state index in [4.69, 9.17) is 9.84 Å². The molecule has 3 N–H and O–H groups in total. The summed E-state index contributed by atoms with van der Waals surface area (Å²) in [5.74, 6) is 0.453. The van der Waals surface area contributed by atoms with Gasteiger partial charge in [-0.05, 0) is 17.7 Å². The van der Waals surface area contributed by atoms with Gasteiger partial charge in [-0.3, -0.25) is 9.89 Å². The number of H-pyrrole nitrogens is 1. The van der Waals surface area contributed by atoms with Gasteiger partial charge in [0.1, 0.15) is 5.75 Å². The van der Waals surface area contributed by atoms with Gasteiger partial charge >= 0.3 is 0 Å². The summed E-state index contributed by atoms with van der Waals surface area (Å²) in [6.45, 7) is 0.159. The fourth-order valence-electron chi connectivity index (χ4n) is 3.12. The Morgan fingerprint density at radius 3 is 3.04 bits per heavy atom. The number of carbonyl (C=O) groups is 1. The van der Waals surface area contributed by atoms with Crippen molar-refractivity contribution < 1.29 is 19.7 Å². The van der Waals surface area contributed by atoms with Gasteiger partial charge in [0.15, 0.2) is 5.01 Å². The molecule has 1 aliphatic rings. The summed E-state index contributed by atoms with van der Waals surface area (Å²) in [7, 11) is 1.59. The summed E-state index contributed by atoms with van der Waals surface area (Å²) in [5.41, 5.74) is 3.57. The highest BCUT2D eigenvalue weighted by Gasteiger charge is 2.25.